The molecule has 0 spiro atoms. The molecule has 0 saturated carbocycles. The number of anilines is 1. The van der Waals surface area contributed by atoms with Gasteiger partial charge < -0.3 is 20.1 Å². The van der Waals surface area contributed by atoms with Crippen LogP contribution in [0.4, 0.5) is 5.69 Å². The van der Waals surface area contributed by atoms with Crippen LogP contribution >= 0.6 is 0 Å². The molecular weight excluding hydrogens is 272 g/mol. The van der Waals surface area contributed by atoms with E-state index in [9.17, 15) is 9.59 Å². The maximum Gasteiger partial charge on any atom is 0.328 e. The van der Waals surface area contributed by atoms with Crippen LogP contribution in [0.3, 0.4) is 0 Å². The van der Waals surface area contributed by atoms with Crippen molar-refractivity contribution in [2.45, 2.75) is 25.3 Å². The highest BCUT2D eigenvalue weighted by Crippen LogP contribution is 2.19. The van der Waals surface area contributed by atoms with Gasteiger partial charge in [-0.1, -0.05) is 0 Å². The lowest BCUT2D eigenvalue weighted by molar-refractivity contribution is -0.155. The van der Waals surface area contributed by atoms with Gasteiger partial charge >= 0.3 is 5.97 Å². The molecule has 1 heterocycles. The number of amides is 1. The number of piperidine rings is 1. The zero-order valence-corrected chi connectivity index (χ0v) is 12.1. The van der Waals surface area contributed by atoms with Gasteiger partial charge in [0.25, 0.3) is 5.91 Å². The molecule has 1 atom stereocenters. The summed E-state index contributed by atoms with van der Waals surface area (Å²) in [4.78, 5) is 25.5. The van der Waals surface area contributed by atoms with Crippen LogP contribution in [0.5, 0.6) is 5.75 Å². The molecule has 21 heavy (non-hydrogen) atoms. The van der Waals surface area contributed by atoms with Crippen LogP contribution in [0.1, 0.15) is 19.3 Å². The van der Waals surface area contributed by atoms with Gasteiger partial charge in [0, 0.05) is 12.2 Å². The zero-order valence-electron chi connectivity index (χ0n) is 12.1. The van der Waals surface area contributed by atoms with E-state index < -0.39 is 6.04 Å². The highest BCUT2D eigenvalue weighted by atomic mass is 16.5. The number of nitrogens with two attached hydrogens (primary N) is 1. The molecule has 0 aliphatic carbocycles. The molecule has 0 aromatic heterocycles. The number of hydrogen-bond donors (Lipinski definition) is 1. The summed E-state index contributed by atoms with van der Waals surface area (Å²) in [6.07, 6.45) is 2.45. The summed E-state index contributed by atoms with van der Waals surface area (Å²) < 4.78 is 10.2. The first-order valence-electron chi connectivity index (χ1n) is 6.97. The summed E-state index contributed by atoms with van der Waals surface area (Å²) in [5.41, 5.74) is 6.22. The topological polar surface area (TPSA) is 81.9 Å². The lowest BCUT2D eigenvalue weighted by Crippen LogP contribution is -2.50. The predicted octanol–water partition coefficient (Wildman–Crippen LogP) is 1.20. The third kappa shape index (κ3) is 3.87. The van der Waals surface area contributed by atoms with Crippen molar-refractivity contribution in [1.29, 1.82) is 0 Å². The molecule has 2 N–H and O–H groups in total. The average molecular weight is 292 g/mol. The van der Waals surface area contributed by atoms with Crippen molar-refractivity contribution in [1.82, 2.24) is 4.90 Å². The number of esters is 1. The molecule has 1 unspecified atom stereocenters. The highest BCUT2D eigenvalue weighted by molar-refractivity contribution is 5.85. The number of ether oxygens (including phenoxy) is 2. The van der Waals surface area contributed by atoms with E-state index in [-0.39, 0.29) is 18.5 Å². The summed E-state index contributed by atoms with van der Waals surface area (Å²) in [5, 5.41) is 0. The maximum atomic E-state index is 12.2. The quantitative estimate of drug-likeness (QED) is 0.666. The molecule has 1 fully saturated rings. The molecule has 6 heteroatoms. The highest BCUT2D eigenvalue weighted by Gasteiger charge is 2.32. The Bertz CT molecular complexity index is 501. The fourth-order valence-electron chi connectivity index (χ4n) is 2.40. The first-order valence-corrected chi connectivity index (χ1v) is 6.97. The smallest absolute Gasteiger partial charge is 0.328 e. The average Bonchev–Trinajstić information content (AvgIpc) is 2.53. The Hall–Kier alpha value is -2.24. The molecule has 1 aromatic rings. The fraction of sp³-hybridized carbons (Fsp3) is 0.467. The van der Waals surface area contributed by atoms with Gasteiger partial charge in [-0.25, -0.2) is 4.79 Å². The minimum absolute atomic E-state index is 0.0998. The molecule has 1 amide bonds. The van der Waals surface area contributed by atoms with Crippen molar-refractivity contribution in [2.75, 3.05) is 26.0 Å². The minimum Gasteiger partial charge on any atom is -0.484 e. The van der Waals surface area contributed by atoms with Crippen LogP contribution in [-0.4, -0.2) is 43.1 Å². The number of nitrogen functional groups attached to an aromatic ring is 1. The van der Waals surface area contributed by atoms with E-state index in [0.29, 0.717) is 24.4 Å². The van der Waals surface area contributed by atoms with E-state index in [4.69, 9.17) is 15.2 Å². The number of nitrogens with zero attached hydrogens (tertiary/aromatic N) is 1. The minimum atomic E-state index is -0.494. The van der Waals surface area contributed by atoms with Gasteiger partial charge in [-0.2, -0.15) is 0 Å². The first kappa shape index (κ1) is 15.2. The second-order valence-corrected chi connectivity index (χ2v) is 4.98. The SMILES string of the molecule is COC(=O)C1CCCCN1C(=O)COc1ccc(N)cc1. The van der Waals surface area contributed by atoms with Gasteiger partial charge in [-0.05, 0) is 43.5 Å². The molecule has 6 nitrogen and oxygen atoms in total. The lowest BCUT2D eigenvalue weighted by atomic mass is 10.0. The van der Waals surface area contributed by atoms with E-state index in [1.807, 2.05) is 0 Å². The summed E-state index contributed by atoms with van der Waals surface area (Å²) in [6.45, 7) is 0.459. The Morgan fingerprint density at radius 2 is 2.00 bits per heavy atom. The predicted molar refractivity (Wildman–Crippen MR) is 77.7 cm³/mol. The number of hydrogen-bond acceptors (Lipinski definition) is 5. The summed E-state index contributed by atoms with van der Waals surface area (Å²) >= 11 is 0. The van der Waals surface area contributed by atoms with E-state index in [0.717, 1.165) is 12.8 Å². The van der Waals surface area contributed by atoms with Gasteiger partial charge in [0.1, 0.15) is 11.8 Å². The Kier molecular flexibility index (Phi) is 5.03. The molecule has 1 saturated heterocycles. The van der Waals surface area contributed by atoms with Crippen molar-refractivity contribution in [3.8, 4) is 5.75 Å². The van der Waals surface area contributed by atoms with Crippen molar-refractivity contribution >= 4 is 17.6 Å². The van der Waals surface area contributed by atoms with Crippen LogP contribution in [0.25, 0.3) is 0 Å². The second-order valence-electron chi connectivity index (χ2n) is 4.98. The summed E-state index contributed by atoms with van der Waals surface area (Å²) in [7, 11) is 1.34. The molecule has 1 aromatic carbocycles. The van der Waals surface area contributed by atoms with Crippen LogP contribution in [0.15, 0.2) is 24.3 Å². The standard InChI is InChI=1S/C15H20N2O4/c1-20-15(19)13-4-2-3-9-17(13)14(18)10-21-12-7-5-11(16)6-8-12/h5-8,13H,2-4,9-10,16H2,1H3. The van der Waals surface area contributed by atoms with Gasteiger partial charge in [0.15, 0.2) is 6.61 Å². The van der Waals surface area contributed by atoms with Crippen molar-refractivity contribution < 1.29 is 19.1 Å². The van der Waals surface area contributed by atoms with Gasteiger partial charge in [-0.3, -0.25) is 4.79 Å². The van der Waals surface area contributed by atoms with E-state index in [1.165, 1.54) is 7.11 Å². The zero-order chi connectivity index (χ0) is 15.2. The van der Waals surface area contributed by atoms with Crippen LogP contribution in [0.2, 0.25) is 0 Å². The number of carbonyl (C=O) groups excluding carboxylic acids is 2. The van der Waals surface area contributed by atoms with E-state index in [2.05, 4.69) is 0 Å². The molecule has 0 bridgehead atoms. The fourth-order valence-corrected chi connectivity index (χ4v) is 2.40. The van der Waals surface area contributed by atoms with E-state index in [1.54, 1.807) is 29.2 Å². The van der Waals surface area contributed by atoms with Crippen LogP contribution < -0.4 is 10.5 Å². The Labute approximate surface area is 123 Å². The maximum absolute atomic E-state index is 12.2. The van der Waals surface area contributed by atoms with Gasteiger partial charge in [0.05, 0.1) is 7.11 Å². The van der Waals surface area contributed by atoms with Gasteiger partial charge in [-0.15, -0.1) is 0 Å². The molecule has 0 radical (unpaired) electrons. The number of likely N-dealkylation sites (tertiary alicyclic amines) is 1. The third-order valence-corrected chi connectivity index (χ3v) is 3.54. The molecule has 1 aliphatic rings. The Balaban J connectivity index is 1.94. The summed E-state index contributed by atoms with van der Waals surface area (Å²) in [5.74, 6) is 0.00152. The molecule has 114 valence electrons. The lowest BCUT2D eigenvalue weighted by Gasteiger charge is -2.33. The number of rotatable bonds is 4. The number of carbonyl (C=O) groups is 2. The van der Waals surface area contributed by atoms with Crippen molar-refractivity contribution in [2.24, 2.45) is 0 Å². The third-order valence-electron chi connectivity index (χ3n) is 3.54. The normalized spacial score (nSPS) is 18.1. The monoisotopic (exact) mass is 292 g/mol. The number of methoxy groups -OCH3 is 1. The van der Waals surface area contributed by atoms with E-state index >= 15 is 0 Å². The molecule has 1 aliphatic heterocycles. The first-order chi connectivity index (χ1) is 10.1. The number of benzene rings is 1. The largest absolute Gasteiger partial charge is 0.484 e. The van der Waals surface area contributed by atoms with Crippen LogP contribution in [0, 0.1) is 0 Å². The summed E-state index contributed by atoms with van der Waals surface area (Å²) in [6, 6.07) is 6.33. The van der Waals surface area contributed by atoms with Gasteiger partial charge in [0.2, 0.25) is 0 Å². The Morgan fingerprint density at radius 1 is 1.29 bits per heavy atom. The van der Waals surface area contributed by atoms with Crippen molar-refractivity contribution in [3.05, 3.63) is 24.3 Å². The Morgan fingerprint density at radius 3 is 2.67 bits per heavy atom. The van der Waals surface area contributed by atoms with Crippen molar-refractivity contribution in [3.63, 3.8) is 0 Å². The van der Waals surface area contributed by atoms with Crippen LogP contribution in [-0.2, 0) is 14.3 Å². The molecule has 2 rings (SSSR count). The molecular formula is C15H20N2O4. The second kappa shape index (κ2) is 6.97.